The third-order valence-corrected chi connectivity index (χ3v) is 8.82. The highest BCUT2D eigenvalue weighted by molar-refractivity contribution is 6.30. The molecule has 0 spiro atoms. The number of halogens is 1. The first-order valence-electron chi connectivity index (χ1n) is 12.5. The van der Waals surface area contributed by atoms with Crippen molar-refractivity contribution in [1.82, 2.24) is 5.32 Å². The molecule has 4 fully saturated rings. The Morgan fingerprint density at radius 3 is 2.33 bits per heavy atom. The summed E-state index contributed by atoms with van der Waals surface area (Å²) >= 11 is 6.06. The van der Waals surface area contributed by atoms with E-state index in [1.807, 2.05) is 24.3 Å². The number of nitrogens with one attached hydrogen (secondary N) is 1. The smallest absolute Gasteiger partial charge is 0.124 e. The third kappa shape index (κ3) is 4.06. The van der Waals surface area contributed by atoms with E-state index in [9.17, 15) is 0 Å². The van der Waals surface area contributed by atoms with Gasteiger partial charge in [0.1, 0.15) is 12.4 Å². The molecule has 0 heterocycles. The molecular weight excluding hydrogens is 426 g/mol. The minimum absolute atomic E-state index is 0.271. The van der Waals surface area contributed by atoms with Gasteiger partial charge in [-0.05, 0) is 89.8 Å². The van der Waals surface area contributed by atoms with Crippen LogP contribution < -0.4 is 10.1 Å². The van der Waals surface area contributed by atoms with Gasteiger partial charge in [0, 0.05) is 22.7 Å². The summed E-state index contributed by atoms with van der Waals surface area (Å²) in [7, 11) is 0. The fourth-order valence-corrected chi connectivity index (χ4v) is 8.42. The first kappa shape index (κ1) is 21.5. The van der Waals surface area contributed by atoms with Crippen LogP contribution in [0.3, 0.4) is 0 Å². The van der Waals surface area contributed by atoms with Crippen LogP contribution in [0.2, 0.25) is 5.02 Å². The Kier molecular flexibility index (Phi) is 5.05. The normalized spacial score (nSPS) is 32.4. The Balaban J connectivity index is 1.29. The molecule has 0 amide bonds. The van der Waals surface area contributed by atoms with Crippen molar-refractivity contribution in [2.45, 2.75) is 71.1 Å². The van der Waals surface area contributed by atoms with Gasteiger partial charge in [-0.25, -0.2) is 0 Å². The fourth-order valence-electron chi connectivity index (χ4n) is 8.30. The van der Waals surface area contributed by atoms with Gasteiger partial charge in [0.05, 0.1) is 0 Å². The number of benzene rings is 3. The van der Waals surface area contributed by atoms with Crippen molar-refractivity contribution < 1.29 is 4.74 Å². The van der Waals surface area contributed by atoms with Crippen LogP contribution in [0.4, 0.5) is 0 Å². The molecule has 0 radical (unpaired) electrons. The molecule has 3 aromatic carbocycles. The van der Waals surface area contributed by atoms with E-state index in [2.05, 4.69) is 55.6 Å². The monoisotopic (exact) mass is 459 g/mol. The van der Waals surface area contributed by atoms with Crippen molar-refractivity contribution in [1.29, 1.82) is 0 Å². The first-order valence-corrected chi connectivity index (χ1v) is 12.8. The van der Waals surface area contributed by atoms with E-state index in [1.54, 1.807) is 0 Å². The summed E-state index contributed by atoms with van der Waals surface area (Å²) in [5.41, 5.74) is 3.70. The molecule has 172 valence electrons. The number of rotatable bonds is 6. The average molecular weight is 460 g/mol. The standard InChI is InChI=1S/C30H34ClNO/c1-28-13-22-14-29(2,18-28)20-30(15-22,19-28)32-16-26-25-6-4-3-5-23(25)9-12-27(26)33-17-21-7-10-24(31)11-8-21/h3-12,22,32H,13-20H2,1-2H3/t22?,28-,29+,30?. The quantitative estimate of drug-likeness (QED) is 0.404. The Morgan fingerprint density at radius 1 is 0.879 bits per heavy atom. The number of ether oxygens (including phenoxy) is 1. The molecule has 1 N–H and O–H groups in total. The maximum atomic E-state index is 6.40. The molecule has 0 saturated heterocycles. The number of hydrogen-bond donors (Lipinski definition) is 1. The SMILES string of the molecule is C[C@]12CC3CC(NCc4c(OCc5ccc(Cl)cc5)ccc5ccccc45)(C1)C[C@@](C)(C3)C2. The molecule has 2 nitrogen and oxygen atoms in total. The molecule has 2 unspecified atom stereocenters. The van der Waals surface area contributed by atoms with E-state index in [1.165, 1.54) is 54.9 Å². The van der Waals surface area contributed by atoms with Gasteiger partial charge in [0.2, 0.25) is 0 Å². The maximum absolute atomic E-state index is 6.40. The molecule has 3 aromatic rings. The fraction of sp³-hybridized carbons (Fsp3) is 0.467. The molecular formula is C30H34ClNO. The third-order valence-electron chi connectivity index (χ3n) is 8.57. The summed E-state index contributed by atoms with van der Waals surface area (Å²) in [4.78, 5) is 0. The van der Waals surface area contributed by atoms with Crippen molar-refractivity contribution in [2.24, 2.45) is 16.7 Å². The van der Waals surface area contributed by atoms with Crippen LogP contribution in [0, 0.1) is 16.7 Å². The van der Waals surface area contributed by atoms with Gasteiger partial charge in [-0.2, -0.15) is 0 Å². The molecule has 7 rings (SSSR count). The predicted octanol–water partition coefficient (Wildman–Crippen LogP) is 7.91. The van der Waals surface area contributed by atoms with Crippen LogP contribution in [0.5, 0.6) is 5.75 Å². The van der Waals surface area contributed by atoms with Gasteiger partial charge < -0.3 is 10.1 Å². The zero-order chi connectivity index (χ0) is 22.7. The molecule has 0 aliphatic heterocycles. The highest BCUT2D eigenvalue weighted by Crippen LogP contribution is 2.66. The van der Waals surface area contributed by atoms with Crippen LogP contribution in [-0.4, -0.2) is 5.54 Å². The Bertz CT molecular complexity index is 1170. The number of hydrogen-bond acceptors (Lipinski definition) is 2. The second-order valence-electron chi connectivity index (χ2n) is 11.9. The second kappa shape index (κ2) is 7.75. The lowest BCUT2D eigenvalue weighted by Crippen LogP contribution is -2.63. The van der Waals surface area contributed by atoms with Crippen LogP contribution in [0.1, 0.15) is 63.5 Å². The average Bonchev–Trinajstić information content (AvgIpc) is 2.75. The lowest BCUT2D eigenvalue weighted by Gasteiger charge is -2.65. The van der Waals surface area contributed by atoms with Crippen molar-refractivity contribution in [3.05, 3.63) is 76.8 Å². The van der Waals surface area contributed by atoms with Gasteiger partial charge >= 0.3 is 0 Å². The summed E-state index contributed by atoms with van der Waals surface area (Å²) in [5, 5.41) is 7.46. The van der Waals surface area contributed by atoms with Crippen molar-refractivity contribution >= 4 is 22.4 Å². The minimum atomic E-state index is 0.271. The lowest BCUT2D eigenvalue weighted by molar-refractivity contribution is -0.118. The van der Waals surface area contributed by atoms with E-state index in [0.29, 0.717) is 17.4 Å². The largest absolute Gasteiger partial charge is 0.489 e. The van der Waals surface area contributed by atoms with Gasteiger partial charge in [-0.1, -0.05) is 67.9 Å². The number of fused-ring (bicyclic) bond motifs is 1. The van der Waals surface area contributed by atoms with Gasteiger partial charge in [-0.3, -0.25) is 0 Å². The van der Waals surface area contributed by atoms with Gasteiger partial charge in [0.25, 0.3) is 0 Å². The minimum Gasteiger partial charge on any atom is -0.489 e. The zero-order valence-corrected chi connectivity index (χ0v) is 20.5. The zero-order valence-electron chi connectivity index (χ0n) is 19.8. The van der Waals surface area contributed by atoms with E-state index in [4.69, 9.17) is 16.3 Å². The highest BCUT2D eigenvalue weighted by Gasteiger charge is 2.59. The Labute approximate surface area is 202 Å². The molecule has 4 aliphatic rings. The van der Waals surface area contributed by atoms with E-state index < -0.39 is 0 Å². The molecule has 3 heteroatoms. The van der Waals surface area contributed by atoms with Crippen LogP contribution >= 0.6 is 11.6 Å². The first-order chi connectivity index (χ1) is 15.8. The van der Waals surface area contributed by atoms with E-state index in [0.717, 1.165) is 28.8 Å². The van der Waals surface area contributed by atoms with Crippen molar-refractivity contribution in [3.63, 3.8) is 0 Å². The van der Waals surface area contributed by atoms with Gasteiger partial charge in [-0.15, -0.1) is 0 Å². The molecule has 33 heavy (non-hydrogen) atoms. The van der Waals surface area contributed by atoms with Crippen LogP contribution in [-0.2, 0) is 13.2 Å². The maximum Gasteiger partial charge on any atom is 0.124 e. The van der Waals surface area contributed by atoms with Crippen molar-refractivity contribution in [3.8, 4) is 5.75 Å². The summed E-state index contributed by atoms with van der Waals surface area (Å²) < 4.78 is 6.40. The Morgan fingerprint density at radius 2 is 1.61 bits per heavy atom. The molecule has 4 bridgehead atoms. The summed E-state index contributed by atoms with van der Waals surface area (Å²) in [6.45, 7) is 6.50. The summed E-state index contributed by atoms with van der Waals surface area (Å²) in [6, 6.07) is 21.0. The lowest BCUT2D eigenvalue weighted by atomic mass is 9.43. The molecule has 4 saturated carbocycles. The predicted molar refractivity (Wildman–Crippen MR) is 137 cm³/mol. The molecule has 4 atom stereocenters. The van der Waals surface area contributed by atoms with E-state index >= 15 is 0 Å². The van der Waals surface area contributed by atoms with E-state index in [-0.39, 0.29) is 5.54 Å². The summed E-state index contributed by atoms with van der Waals surface area (Å²) in [6.07, 6.45) is 8.23. The molecule has 0 aromatic heterocycles. The van der Waals surface area contributed by atoms with Crippen molar-refractivity contribution in [2.75, 3.05) is 0 Å². The highest BCUT2D eigenvalue weighted by atomic mass is 35.5. The topological polar surface area (TPSA) is 21.3 Å². The molecule has 4 aliphatic carbocycles. The van der Waals surface area contributed by atoms with Crippen LogP contribution in [0.15, 0.2) is 60.7 Å². The second-order valence-corrected chi connectivity index (χ2v) is 12.4. The van der Waals surface area contributed by atoms with Crippen LogP contribution in [0.25, 0.3) is 10.8 Å². The van der Waals surface area contributed by atoms with Gasteiger partial charge in [0.15, 0.2) is 0 Å². The Hall–Kier alpha value is -2.03. The summed E-state index contributed by atoms with van der Waals surface area (Å²) in [5.74, 6) is 1.87.